The Hall–Kier alpha value is -2.69. The van der Waals surface area contributed by atoms with Crippen molar-refractivity contribution < 1.29 is 9.84 Å². The van der Waals surface area contributed by atoms with Crippen LogP contribution in [-0.4, -0.2) is 31.3 Å². The monoisotopic (exact) mass is 341 g/mol. The molecular formula is C20H27N3O2. The first-order chi connectivity index (χ1) is 12.1. The van der Waals surface area contributed by atoms with Crippen LogP contribution in [0.2, 0.25) is 0 Å². The van der Waals surface area contributed by atoms with Gasteiger partial charge in [-0.05, 0) is 37.5 Å². The molecule has 0 spiro atoms. The number of hydrogen-bond donors (Lipinski definition) is 3. The molecule has 0 radical (unpaired) electrons. The molecule has 0 aliphatic rings. The second kappa shape index (κ2) is 9.57. The predicted molar refractivity (Wildman–Crippen MR) is 102 cm³/mol. The van der Waals surface area contributed by atoms with Crippen LogP contribution in [0.3, 0.4) is 0 Å². The van der Waals surface area contributed by atoms with Gasteiger partial charge in [0.1, 0.15) is 11.5 Å². The summed E-state index contributed by atoms with van der Waals surface area (Å²) in [6.45, 7) is 5.52. The number of nitrogens with one attached hydrogen (secondary N) is 2. The van der Waals surface area contributed by atoms with Gasteiger partial charge >= 0.3 is 0 Å². The van der Waals surface area contributed by atoms with Crippen molar-refractivity contribution in [2.75, 3.05) is 20.2 Å². The van der Waals surface area contributed by atoms with E-state index in [-0.39, 0.29) is 11.8 Å². The smallest absolute Gasteiger partial charge is 0.191 e. The first kappa shape index (κ1) is 18.6. The molecule has 5 heteroatoms. The zero-order chi connectivity index (χ0) is 18.1. The van der Waals surface area contributed by atoms with Gasteiger partial charge in [-0.3, -0.25) is 4.99 Å². The number of nitrogens with zero attached hydrogens (tertiary/aromatic N) is 1. The Kier molecular flexibility index (Phi) is 7.14. The van der Waals surface area contributed by atoms with Crippen molar-refractivity contribution >= 4 is 5.96 Å². The minimum absolute atomic E-state index is 0.161. The number of hydrogen-bond acceptors (Lipinski definition) is 3. The van der Waals surface area contributed by atoms with E-state index < -0.39 is 0 Å². The highest BCUT2D eigenvalue weighted by Crippen LogP contribution is 2.23. The first-order valence-corrected chi connectivity index (χ1v) is 8.59. The van der Waals surface area contributed by atoms with E-state index >= 15 is 0 Å². The van der Waals surface area contributed by atoms with Crippen LogP contribution in [0.1, 0.15) is 31.0 Å². The molecule has 2 rings (SSSR count). The maximum Gasteiger partial charge on any atom is 0.191 e. The van der Waals surface area contributed by atoms with Gasteiger partial charge in [-0.2, -0.15) is 0 Å². The highest BCUT2D eigenvalue weighted by Gasteiger charge is 2.07. The zero-order valence-electron chi connectivity index (χ0n) is 15.1. The van der Waals surface area contributed by atoms with Crippen LogP contribution < -0.4 is 15.4 Å². The van der Waals surface area contributed by atoms with E-state index in [1.807, 2.05) is 37.3 Å². The van der Waals surface area contributed by atoms with Crippen molar-refractivity contribution in [1.82, 2.24) is 10.6 Å². The van der Waals surface area contributed by atoms with Crippen LogP contribution >= 0.6 is 0 Å². The lowest BCUT2D eigenvalue weighted by atomic mass is 10.1. The topological polar surface area (TPSA) is 65.9 Å². The molecular weight excluding hydrogens is 314 g/mol. The highest BCUT2D eigenvalue weighted by molar-refractivity contribution is 5.80. The second-order valence-electron chi connectivity index (χ2n) is 5.78. The molecule has 0 saturated carbocycles. The lowest BCUT2D eigenvalue weighted by Crippen LogP contribution is -2.38. The molecule has 0 amide bonds. The van der Waals surface area contributed by atoms with E-state index in [0.717, 1.165) is 18.1 Å². The van der Waals surface area contributed by atoms with Crippen LogP contribution in [0, 0.1) is 0 Å². The number of rotatable bonds is 7. The van der Waals surface area contributed by atoms with Gasteiger partial charge in [-0.25, -0.2) is 0 Å². The molecule has 0 saturated heterocycles. The number of aromatic hydroxyl groups is 1. The van der Waals surface area contributed by atoms with Crippen molar-refractivity contribution in [2.45, 2.75) is 26.3 Å². The van der Waals surface area contributed by atoms with Crippen molar-refractivity contribution in [1.29, 1.82) is 0 Å². The largest absolute Gasteiger partial charge is 0.508 e. The summed E-state index contributed by atoms with van der Waals surface area (Å²) < 4.78 is 5.10. The van der Waals surface area contributed by atoms with E-state index in [2.05, 4.69) is 34.7 Å². The molecule has 0 aromatic heterocycles. The summed E-state index contributed by atoms with van der Waals surface area (Å²) in [6.07, 6.45) is 0.659. The summed E-state index contributed by atoms with van der Waals surface area (Å²) in [6, 6.07) is 15.8. The lowest BCUT2D eigenvalue weighted by molar-refractivity contribution is 0.406. The third-order valence-electron chi connectivity index (χ3n) is 3.94. The normalized spacial score (nSPS) is 12.5. The number of ether oxygens (including phenoxy) is 1. The van der Waals surface area contributed by atoms with Crippen molar-refractivity contribution in [2.24, 2.45) is 4.99 Å². The minimum atomic E-state index is 0.161. The number of benzene rings is 2. The fraction of sp³-hybridized carbons (Fsp3) is 0.350. The van der Waals surface area contributed by atoms with Crippen molar-refractivity contribution in [3.8, 4) is 11.5 Å². The molecule has 0 aliphatic carbocycles. The first-order valence-electron chi connectivity index (χ1n) is 8.59. The SMILES string of the molecule is CCNC(=NCCc1ccc(OC)cc1O)NC(C)c1ccccc1. The summed E-state index contributed by atoms with van der Waals surface area (Å²) in [5.74, 6) is 1.66. The Balaban J connectivity index is 1.97. The summed E-state index contributed by atoms with van der Waals surface area (Å²) in [5, 5.41) is 16.7. The summed E-state index contributed by atoms with van der Waals surface area (Å²) >= 11 is 0. The Labute approximate surface area is 149 Å². The van der Waals surface area contributed by atoms with E-state index in [0.29, 0.717) is 18.7 Å². The Morgan fingerprint density at radius 3 is 2.60 bits per heavy atom. The number of guanidine groups is 1. The highest BCUT2D eigenvalue weighted by atomic mass is 16.5. The fourth-order valence-electron chi connectivity index (χ4n) is 2.52. The third-order valence-corrected chi connectivity index (χ3v) is 3.94. The molecule has 5 nitrogen and oxygen atoms in total. The minimum Gasteiger partial charge on any atom is -0.508 e. The molecule has 25 heavy (non-hydrogen) atoms. The molecule has 3 N–H and O–H groups in total. The quantitative estimate of drug-likeness (QED) is 0.534. The molecule has 1 unspecified atom stereocenters. The molecule has 1 atom stereocenters. The molecule has 0 bridgehead atoms. The van der Waals surface area contributed by atoms with Gasteiger partial charge in [-0.1, -0.05) is 36.4 Å². The number of aliphatic imine (C=N–C) groups is 1. The zero-order valence-corrected chi connectivity index (χ0v) is 15.1. The molecule has 2 aromatic rings. The van der Waals surface area contributed by atoms with Gasteiger partial charge in [0.15, 0.2) is 5.96 Å². The summed E-state index contributed by atoms with van der Waals surface area (Å²) in [5.41, 5.74) is 2.07. The van der Waals surface area contributed by atoms with Gasteiger partial charge in [0.25, 0.3) is 0 Å². The molecule has 0 heterocycles. The lowest BCUT2D eigenvalue weighted by Gasteiger charge is -2.18. The van der Waals surface area contributed by atoms with E-state index in [4.69, 9.17) is 4.74 Å². The van der Waals surface area contributed by atoms with Gasteiger partial charge in [-0.15, -0.1) is 0 Å². The maximum absolute atomic E-state index is 10.0. The third kappa shape index (κ3) is 5.71. The Morgan fingerprint density at radius 1 is 1.20 bits per heavy atom. The summed E-state index contributed by atoms with van der Waals surface area (Å²) in [7, 11) is 1.58. The molecule has 0 fully saturated rings. The van der Waals surface area contributed by atoms with Crippen molar-refractivity contribution in [3.05, 3.63) is 59.7 Å². The van der Waals surface area contributed by atoms with Gasteiger partial charge < -0.3 is 20.5 Å². The van der Waals surface area contributed by atoms with Crippen molar-refractivity contribution in [3.63, 3.8) is 0 Å². The van der Waals surface area contributed by atoms with Crippen LogP contribution in [-0.2, 0) is 6.42 Å². The maximum atomic E-state index is 10.0. The summed E-state index contributed by atoms with van der Waals surface area (Å²) in [4.78, 5) is 4.61. The second-order valence-corrected chi connectivity index (χ2v) is 5.78. The molecule has 134 valence electrons. The van der Waals surface area contributed by atoms with Crippen LogP contribution in [0.15, 0.2) is 53.5 Å². The number of phenolic OH excluding ortho intramolecular Hbond substituents is 1. The standard InChI is InChI=1S/C20H27N3O2/c1-4-21-20(23-15(2)16-8-6-5-7-9-16)22-13-12-17-10-11-18(25-3)14-19(17)24/h5-11,14-15,24H,4,12-13H2,1-3H3,(H2,21,22,23). The van der Waals surface area contributed by atoms with E-state index in [1.165, 1.54) is 5.56 Å². The Bertz CT molecular complexity index is 687. The average Bonchev–Trinajstić information content (AvgIpc) is 2.63. The van der Waals surface area contributed by atoms with Gasteiger partial charge in [0.2, 0.25) is 0 Å². The van der Waals surface area contributed by atoms with Crippen LogP contribution in [0.4, 0.5) is 0 Å². The van der Waals surface area contributed by atoms with E-state index in [1.54, 1.807) is 13.2 Å². The average molecular weight is 341 g/mol. The predicted octanol–water partition coefficient (Wildman–Crippen LogP) is 3.26. The van der Waals surface area contributed by atoms with Gasteiger partial charge in [0, 0.05) is 19.2 Å². The fourth-order valence-corrected chi connectivity index (χ4v) is 2.52. The Morgan fingerprint density at radius 2 is 1.96 bits per heavy atom. The van der Waals surface area contributed by atoms with Gasteiger partial charge in [0.05, 0.1) is 13.2 Å². The van der Waals surface area contributed by atoms with E-state index in [9.17, 15) is 5.11 Å². The van der Waals surface area contributed by atoms with Crippen LogP contribution in [0.25, 0.3) is 0 Å². The number of methoxy groups -OCH3 is 1. The molecule has 2 aromatic carbocycles. The number of phenols is 1. The van der Waals surface area contributed by atoms with Crippen LogP contribution in [0.5, 0.6) is 11.5 Å². The molecule has 0 aliphatic heterocycles.